The number of esters is 3. The number of ether oxygens (including phenoxy) is 6. The largest absolute Gasteiger partial charge is 0.469 e. The molecule has 0 saturated heterocycles. The Labute approximate surface area is 262 Å². The van der Waals surface area contributed by atoms with Crippen molar-refractivity contribution in [2.45, 2.75) is 44.1 Å². The van der Waals surface area contributed by atoms with Gasteiger partial charge in [0.05, 0.1) is 86.8 Å². The Hall–Kier alpha value is -3.87. The minimum absolute atomic E-state index is 0.0125. The number of amides is 4. The summed E-state index contributed by atoms with van der Waals surface area (Å²) in [7, 11) is 3.73. The first-order chi connectivity index (χ1) is 21.5. The molecule has 0 rings (SSSR count). The molecule has 0 heterocycles. The molecule has 18 heteroatoms. The van der Waals surface area contributed by atoms with Crippen molar-refractivity contribution < 1.29 is 62.0 Å². The van der Waals surface area contributed by atoms with Crippen LogP contribution in [0.1, 0.15) is 38.5 Å². The van der Waals surface area contributed by atoms with Gasteiger partial charge in [0.1, 0.15) is 5.54 Å². The molecule has 4 amide bonds. The van der Waals surface area contributed by atoms with Crippen LogP contribution in [-0.4, -0.2) is 134 Å². The van der Waals surface area contributed by atoms with Gasteiger partial charge in [0.2, 0.25) is 23.6 Å². The van der Waals surface area contributed by atoms with Gasteiger partial charge >= 0.3 is 17.9 Å². The first kappa shape index (κ1) is 41.1. The third-order valence-corrected chi connectivity index (χ3v) is 5.78. The Kier molecular flexibility index (Phi) is 23.3. The van der Waals surface area contributed by atoms with E-state index in [1.165, 1.54) is 21.3 Å². The lowest BCUT2D eigenvalue weighted by molar-refractivity contribution is -0.141. The Bertz CT molecular complexity index is 845. The topological polar surface area (TPSA) is 249 Å². The highest BCUT2D eigenvalue weighted by Crippen LogP contribution is 2.10. The number of methoxy groups -OCH3 is 3. The number of hydrogen-bond donors (Lipinski definition) is 5. The van der Waals surface area contributed by atoms with Crippen molar-refractivity contribution in [3.05, 3.63) is 0 Å². The number of carbonyl (C=O) groups is 7. The average Bonchev–Trinajstić information content (AvgIpc) is 3.02. The maximum Gasteiger partial charge on any atom is 0.307 e. The Morgan fingerprint density at radius 2 is 0.822 bits per heavy atom. The zero-order valence-electron chi connectivity index (χ0n) is 26.2. The second kappa shape index (κ2) is 25.5. The zero-order valence-corrected chi connectivity index (χ0v) is 26.2. The van der Waals surface area contributed by atoms with Crippen LogP contribution in [-0.2, 0) is 62.0 Å². The lowest BCUT2D eigenvalue weighted by Gasteiger charge is -2.34. The normalized spacial score (nSPS) is 10.8. The fraction of sp³-hybridized carbons (Fsp3) is 0.741. The summed E-state index contributed by atoms with van der Waals surface area (Å²) in [5.41, 5.74) is 4.19. The van der Waals surface area contributed by atoms with Crippen LogP contribution in [0.4, 0.5) is 0 Å². The summed E-state index contributed by atoms with van der Waals surface area (Å²) >= 11 is 0. The fourth-order valence-electron chi connectivity index (χ4n) is 3.36. The zero-order chi connectivity index (χ0) is 33.9. The Balaban J connectivity index is 5.14. The van der Waals surface area contributed by atoms with Gasteiger partial charge < -0.3 is 55.4 Å². The highest BCUT2D eigenvalue weighted by molar-refractivity contribution is 5.79. The molecule has 0 bridgehead atoms. The first-order valence-corrected chi connectivity index (χ1v) is 14.3. The van der Waals surface area contributed by atoms with Gasteiger partial charge in [-0.1, -0.05) is 0 Å². The van der Waals surface area contributed by atoms with Gasteiger partial charge in [-0.05, 0) is 0 Å². The van der Waals surface area contributed by atoms with Gasteiger partial charge in [-0.3, -0.25) is 33.6 Å². The number of nitrogens with one attached hydrogen (secondary N) is 4. The van der Waals surface area contributed by atoms with E-state index in [1.54, 1.807) is 0 Å². The molecule has 258 valence electrons. The van der Waals surface area contributed by atoms with E-state index < -0.39 is 29.4 Å². The Morgan fingerprint density at radius 3 is 1.09 bits per heavy atom. The van der Waals surface area contributed by atoms with Crippen molar-refractivity contribution in [1.29, 1.82) is 0 Å². The predicted molar refractivity (Wildman–Crippen MR) is 155 cm³/mol. The average molecular weight is 650 g/mol. The van der Waals surface area contributed by atoms with E-state index in [1.807, 2.05) is 0 Å². The summed E-state index contributed by atoms with van der Waals surface area (Å²) in [4.78, 5) is 82.1. The van der Waals surface area contributed by atoms with Gasteiger partial charge in [0.15, 0.2) is 0 Å². The first-order valence-electron chi connectivity index (χ1n) is 14.3. The van der Waals surface area contributed by atoms with Crippen LogP contribution in [0.15, 0.2) is 0 Å². The molecule has 0 aliphatic heterocycles. The predicted octanol–water partition coefficient (Wildman–Crippen LogP) is -2.94. The number of hydrogen-bond acceptors (Lipinski definition) is 14. The summed E-state index contributed by atoms with van der Waals surface area (Å²) in [6.45, 7) is -0.834. The lowest BCUT2D eigenvalue weighted by atomic mass is 10.0. The standard InChI is InChI=1S/C27H47N5O13/c1-40-24(37)4-10-29-20(33)7-13-43-17-27(32-23(36)16-28,18-44-14-8-21(34)30-11-5-25(38)41-2)19-45-15-9-22(35)31-12-6-26(39)42-3/h4-19,28H2,1-3H3,(H,29,33)(H,30,34)(H,31,35)(H,32,36). The molecule has 0 aromatic rings. The molecule has 0 atom stereocenters. The summed E-state index contributed by atoms with van der Waals surface area (Å²) in [6.07, 6.45) is -0.125. The van der Waals surface area contributed by atoms with Crippen LogP contribution in [0.2, 0.25) is 0 Å². The molecule has 0 aromatic heterocycles. The maximum atomic E-state index is 12.3. The van der Waals surface area contributed by atoms with Crippen LogP contribution in [0.5, 0.6) is 0 Å². The van der Waals surface area contributed by atoms with Crippen molar-refractivity contribution in [2.75, 3.05) is 87.1 Å². The monoisotopic (exact) mass is 649 g/mol. The summed E-state index contributed by atoms with van der Waals surface area (Å²) in [5, 5.41) is 10.4. The molecule has 6 N–H and O–H groups in total. The van der Waals surface area contributed by atoms with E-state index in [9.17, 15) is 33.6 Å². The van der Waals surface area contributed by atoms with Crippen LogP contribution < -0.4 is 27.0 Å². The van der Waals surface area contributed by atoms with Gasteiger partial charge in [-0.15, -0.1) is 0 Å². The smallest absolute Gasteiger partial charge is 0.307 e. The van der Waals surface area contributed by atoms with E-state index in [-0.39, 0.29) is 122 Å². The molecular weight excluding hydrogens is 602 g/mol. The quantitative estimate of drug-likeness (QED) is 0.0357. The van der Waals surface area contributed by atoms with E-state index >= 15 is 0 Å². The van der Waals surface area contributed by atoms with Crippen molar-refractivity contribution >= 4 is 41.5 Å². The molecule has 18 nitrogen and oxygen atoms in total. The minimum Gasteiger partial charge on any atom is -0.469 e. The molecule has 0 radical (unpaired) electrons. The van der Waals surface area contributed by atoms with Crippen molar-refractivity contribution in [1.82, 2.24) is 21.3 Å². The second-order valence-electron chi connectivity index (χ2n) is 9.47. The molecular formula is C27H47N5O13. The fourth-order valence-corrected chi connectivity index (χ4v) is 3.36. The molecule has 0 saturated carbocycles. The third kappa shape index (κ3) is 22.3. The molecule has 45 heavy (non-hydrogen) atoms. The minimum atomic E-state index is -1.32. The number of carbonyl (C=O) groups excluding carboxylic acids is 7. The van der Waals surface area contributed by atoms with Crippen LogP contribution in [0.25, 0.3) is 0 Å². The number of nitrogens with two attached hydrogens (primary N) is 1. The van der Waals surface area contributed by atoms with E-state index in [0.29, 0.717) is 0 Å². The van der Waals surface area contributed by atoms with Gasteiger partial charge in [0.25, 0.3) is 0 Å². The van der Waals surface area contributed by atoms with Crippen LogP contribution >= 0.6 is 0 Å². The Morgan fingerprint density at radius 1 is 0.511 bits per heavy atom. The summed E-state index contributed by atoms with van der Waals surface area (Å²) in [5.74, 6) is -3.09. The maximum absolute atomic E-state index is 12.3. The molecule has 0 aliphatic rings. The van der Waals surface area contributed by atoms with E-state index in [0.717, 1.165) is 0 Å². The molecule has 0 fully saturated rings. The van der Waals surface area contributed by atoms with E-state index in [2.05, 4.69) is 35.5 Å². The molecule has 0 aliphatic carbocycles. The highest BCUT2D eigenvalue weighted by Gasteiger charge is 2.33. The summed E-state index contributed by atoms with van der Waals surface area (Å²) < 4.78 is 30.6. The van der Waals surface area contributed by atoms with Gasteiger partial charge in [0, 0.05) is 38.9 Å². The lowest BCUT2D eigenvalue weighted by Crippen LogP contribution is -2.60. The second-order valence-corrected chi connectivity index (χ2v) is 9.47. The van der Waals surface area contributed by atoms with Gasteiger partial charge in [-0.25, -0.2) is 0 Å². The third-order valence-electron chi connectivity index (χ3n) is 5.78. The molecule has 0 unspecified atom stereocenters. The van der Waals surface area contributed by atoms with E-state index in [4.69, 9.17) is 19.9 Å². The van der Waals surface area contributed by atoms with Crippen molar-refractivity contribution in [3.8, 4) is 0 Å². The van der Waals surface area contributed by atoms with Crippen LogP contribution in [0, 0.1) is 0 Å². The van der Waals surface area contributed by atoms with Gasteiger partial charge in [-0.2, -0.15) is 0 Å². The number of rotatable bonds is 26. The highest BCUT2D eigenvalue weighted by atomic mass is 16.5. The van der Waals surface area contributed by atoms with Crippen molar-refractivity contribution in [2.24, 2.45) is 5.73 Å². The van der Waals surface area contributed by atoms with Crippen LogP contribution in [0.3, 0.4) is 0 Å². The summed E-state index contributed by atoms with van der Waals surface area (Å²) in [6, 6.07) is 0. The van der Waals surface area contributed by atoms with Crippen molar-refractivity contribution in [3.63, 3.8) is 0 Å². The SMILES string of the molecule is COC(=O)CCNC(=O)CCOCC(COCCC(=O)NCCC(=O)OC)(COCCC(=O)NCCC(=O)OC)NC(=O)CN. The molecule has 0 spiro atoms. The molecule has 0 aromatic carbocycles.